The Labute approximate surface area is 127 Å². The van der Waals surface area contributed by atoms with Crippen LogP contribution in [0.3, 0.4) is 0 Å². The Morgan fingerprint density at radius 1 is 1.33 bits per heavy atom. The van der Waals surface area contributed by atoms with E-state index in [1.54, 1.807) is 7.05 Å². The van der Waals surface area contributed by atoms with Crippen molar-refractivity contribution in [1.29, 1.82) is 0 Å². The Bertz CT molecular complexity index is 660. The third-order valence-corrected chi connectivity index (χ3v) is 4.93. The molecule has 21 heavy (non-hydrogen) atoms. The molecule has 0 bridgehead atoms. The number of nitrogens with zero attached hydrogens (tertiary/aromatic N) is 4. The molecule has 112 valence electrons. The van der Waals surface area contributed by atoms with E-state index in [9.17, 15) is 4.79 Å². The zero-order valence-corrected chi connectivity index (χ0v) is 13.2. The molecule has 1 amide bonds. The predicted molar refractivity (Wildman–Crippen MR) is 80.6 cm³/mol. The minimum Gasteiger partial charge on any atom is -0.354 e. The second-order valence-corrected chi connectivity index (χ2v) is 6.36. The van der Waals surface area contributed by atoms with E-state index in [0.29, 0.717) is 11.3 Å². The molecule has 1 aliphatic rings. The molecule has 1 aliphatic heterocycles. The van der Waals surface area contributed by atoms with Crippen molar-refractivity contribution in [3.63, 3.8) is 0 Å². The SMILES string of the molecule is CNC(=O)c1sc(Cc2nnc3n2CCCCC3)nc1C. The van der Waals surface area contributed by atoms with Gasteiger partial charge in [0.2, 0.25) is 0 Å². The predicted octanol–water partition coefficient (Wildman–Crippen LogP) is 1.72. The van der Waals surface area contributed by atoms with Gasteiger partial charge in [-0.05, 0) is 19.8 Å². The summed E-state index contributed by atoms with van der Waals surface area (Å²) in [5, 5.41) is 12.2. The fourth-order valence-corrected chi connectivity index (χ4v) is 3.67. The highest BCUT2D eigenvalue weighted by Crippen LogP contribution is 2.22. The highest BCUT2D eigenvalue weighted by Gasteiger charge is 2.18. The monoisotopic (exact) mass is 305 g/mol. The Morgan fingerprint density at radius 3 is 3.00 bits per heavy atom. The maximum atomic E-state index is 11.8. The Balaban J connectivity index is 1.84. The van der Waals surface area contributed by atoms with E-state index in [1.165, 1.54) is 30.6 Å². The summed E-state index contributed by atoms with van der Waals surface area (Å²) in [7, 11) is 1.64. The molecule has 0 fully saturated rings. The van der Waals surface area contributed by atoms with Gasteiger partial charge in [0.15, 0.2) is 0 Å². The van der Waals surface area contributed by atoms with Crippen LogP contribution < -0.4 is 5.32 Å². The molecule has 0 aliphatic carbocycles. The van der Waals surface area contributed by atoms with Gasteiger partial charge < -0.3 is 9.88 Å². The lowest BCUT2D eigenvalue weighted by Gasteiger charge is -2.05. The average Bonchev–Trinajstić information content (AvgIpc) is 2.93. The van der Waals surface area contributed by atoms with E-state index in [-0.39, 0.29) is 5.91 Å². The number of carbonyl (C=O) groups is 1. The van der Waals surface area contributed by atoms with Gasteiger partial charge in [-0.3, -0.25) is 4.79 Å². The molecule has 1 N–H and O–H groups in total. The van der Waals surface area contributed by atoms with Gasteiger partial charge in [0.1, 0.15) is 21.5 Å². The Kier molecular flexibility index (Phi) is 4.01. The number of hydrogen-bond acceptors (Lipinski definition) is 5. The minimum atomic E-state index is -0.0728. The van der Waals surface area contributed by atoms with Crippen molar-refractivity contribution in [2.24, 2.45) is 0 Å². The van der Waals surface area contributed by atoms with E-state index in [0.717, 1.165) is 35.3 Å². The summed E-state index contributed by atoms with van der Waals surface area (Å²) in [5.41, 5.74) is 0.782. The fourth-order valence-electron chi connectivity index (χ4n) is 2.66. The van der Waals surface area contributed by atoms with E-state index < -0.39 is 0 Å². The average molecular weight is 305 g/mol. The highest BCUT2D eigenvalue weighted by molar-refractivity contribution is 7.13. The third-order valence-electron chi connectivity index (χ3n) is 3.77. The topological polar surface area (TPSA) is 72.7 Å². The molecular weight excluding hydrogens is 286 g/mol. The van der Waals surface area contributed by atoms with Gasteiger partial charge in [0.25, 0.3) is 5.91 Å². The quantitative estimate of drug-likeness (QED) is 0.937. The molecule has 0 aromatic carbocycles. The van der Waals surface area contributed by atoms with E-state index in [1.807, 2.05) is 6.92 Å². The van der Waals surface area contributed by atoms with Crippen molar-refractivity contribution in [3.8, 4) is 0 Å². The van der Waals surface area contributed by atoms with Crippen LogP contribution in [0, 0.1) is 6.92 Å². The van der Waals surface area contributed by atoms with Crippen LogP contribution in [0.25, 0.3) is 0 Å². The highest BCUT2D eigenvalue weighted by atomic mass is 32.1. The third kappa shape index (κ3) is 2.83. The first-order chi connectivity index (χ1) is 10.2. The molecule has 0 radical (unpaired) electrons. The van der Waals surface area contributed by atoms with Crippen molar-refractivity contribution < 1.29 is 4.79 Å². The van der Waals surface area contributed by atoms with E-state index in [2.05, 4.69) is 25.1 Å². The number of rotatable bonds is 3. The van der Waals surface area contributed by atoms with E-state index in [4.69, 9.17) is 0 Å². The van der Waals surface area contributed by atoms with Gasteiger partial charge in [-0.15, -0.1) is 21.5 Å². The van der Waals surface area contributed by atoms with Crippen molar-refractivity contribution in [1.82, 2.24) is 25.1 Å². The first kappa shape index (κ1) is 14.2. The molecule has 6 nitrogen and oxygen atoms in total. The summed E-state index contributed by atoms with van der Waals surface area (Å²) < 4.78 is 2.23. The first-order valence-electron chi connectivity index (χ1n) is 7.28. The Morgan fingerprint density at radius 2 is 2.19 bits per heavy atom. The molecule has 0 saturated heterocycles. The molecule has 2 aromatic rings. The van der Waals surface area contributed by atoms with Gasteiger partial charge in [0.05, 0.1) is 12.1 Å². The number of hydrogen-bond donors (Lipinski definition) is 1. The van der Waals surface area contributed by atoms with Crippen LogP contribution in [-0.4, -0.2) is 32.7 Å². The van der Waals surface area contributed by atoms with E-state index >= 15 is 0 Å². The zero-order valence-electron chi connectivity index (χ0n) is 12.3. The Hall–Kier alpha value is -1.76. The second kappa shape index (κ2) is 5.93. The van der Waals surface area contributed by atoms with Crippen molar-refractivity contribution in [3.05, 3.63) is 27.2 Å². The van der Waals surface area contributed by atoms with Crippen LogP contribution in [0.4, 0.5) is 0 Å². The van der Waals surface area contributed by atoms with Crippen molar-refractivity contribution in [2.45, 2.75) is 45.6 Å². The van der Waals surface area contributed by atoms with Gasteiger partial charge >= 0.3 is 0 Å². The van der Waals surface area contributed by atoms with Gasteiger partial charge in [-0.1, -0.05) is 6.42 Å². The molecule has 2 aromatic heterocycles. The summed E-state index contributed by atoms with van der Waals surface area (Å²) in [4.78, 5) is 16.9. The fraction of sp³-hybridized carbons (Fsp3) is 0.571. The van der Waals surface area contributed by atoms with Crippen molar-refractivity contribution >= 4 is 17.2 Å². The lowest BCUT2D eigenvalue weighted by Crippen LogP contribution is -2.17. The summed E-state index contributed by atoms with van der Waals surface area (Å²) in [6.07, 6.45) is 5.27. The van der Waals surface area contributed by atoms with Crippen molar-refractivity contribution in [2.75, 3.05) is 7.05 Å². The lowest BCUT2D eigenvalue weighted by molar-refractivity contribution is 0.0966. The maximum Gasteiger partial charge on any atom is 0.263 e. The van der Waals surface area contributed by atoms with Crippen LogP contribution in [0.1, 0.15) is 51.3 Å². The summed E-state index contributed by atoms with van der Waals surface area (Å²) in [6, 6.07) is 0. The minimum absolute atomic E-state index is 0.0728. The molecule has 0 atom stereocenters. The summed E-state index contributed by atoms with van der Waals surface area (Å²) in [6.45, 7) is 2.86. The largest absolute Gasteiger partial charge is 0.354 e. The number of fused-ring (bicyclic) bond motifs is 1. The zero-order chi connectivity index (χ0) is 14.8. The van der Waals surface area contributed by atoms with Crippen LogP contribution in [0.5, 0.6) is 0 Å². The molecule has 0 unspecified atom stereocenters. The first-order valence-corrected chi connectivity index (χ1v) is 8.10. The van der Waals surface area contributed by atoms with Crippen LogP contribution >= 0.6 is 11.3 Å². The van der Waals surface area contributed by atoms with Crippen LogP contribution in [0.2, 0.25) is 0 Å². The van der Waals surface area contributed by atoms with Gasteiger partial charge in [-0.25, -0.2) is 4.98 Å². The standard InChI is InChI=1S/C14H19N5OS/c1-9-13(14(20)15-2)21-12(16-9)8-11-18-17-10-6-4-3-5-7-19(10)11/h3-8H2,1-2H3,(H,15,20). The number of carbonyl (C=O) groups excluding carboxylic acids is 1. The normalized spacial score (nSPS) is 14.6. The summed E-state index contributed by atoms with van der Waals surface area (Å²) >= 11 is 1.44. The lowest BCUT2D eigenvalue weighted by atomic mass is 10.2. The second-order valence-electron chi connectivity index (χ2n) is 5.27. The number of amides is 1. The number of aromatic nitrogens is 4. The number of aryl methyl sites for hydroxylation is 2. The maximum absolute atomic E-state index is 11.8. The van der Waals surface area contributed by atoms with Crippen LogP contribution in [0.15, 0.2) is 0 Å². The smallest absolute Gasteiger partial charge is 0.263 e. The molecule has 0 spiro atoms. The molecule has 3 heterocycles. The number of nitrogens with one attached hydrogen (secondary N) is 1. The molecule has 7 heteroatoms. The molecular formula is C14H19N5OS. The van der Waals surface area contributed by atoms with Crippen LogP contribution in [-0.2, 0) is 19.4 Å². The summed E-state index contributed by atoms with van der Waals surface area (Å²) in [5.74, 6) is 1.97. The van der Waals surface area contributed by atoms with Gasteiger partial charge in [0, 0.05) is 20.0 Å². The van der Waals surface area contributed by atoms with Gasteiger partial charge in [-0.2, -0.15) is 0 Å². The molecule has 0 saturated carbocycles. The molecule has 3 rings (SSSR count). The number of thiazole rings is 1.